The molecule has 1 fully saturated rings. The molecule has 0 aromatic carbocycles. The molecular formula is C15H23N3O3. The quantitative estimate of drug-likeness (QED) is 0.706. The highest BCUT2D eigenvalue weighted by molar-refractivity contribution is 5.77. The number of carbonyl (C=O) groups excluding carboxylic acids is 1. The molecule has 0 aliphatic carbocycles. The number of aliphatic hydroxyl groups excluding tert-OH is 1. The first-order valence-electron chi connectivity index (χ1n) is 7.33. The monoisotopic (exact) mass is 293 g/mol. The van der Waals surface area contributed by atoms with E-state index in [0.717, 1.165) is 18.7 Å². The van der Waals surface area contributed by atoms with Crippen molar-refractivity contribution in [3.63, 3.8) is 0 Å². The molecule has 1 atom stereocenters. The Balaban J connectivity index is 1.75. The summed E-state index contributed by atoms with van der Waals surface area (Å²) in [5.41, 5.74) is -0.157. The van der Waals surface area contributed by atoms with Crippen molar-refractivity contribution >= 4 is 5.91 Å². The number of aromatic nitrogens is 1. The zero-order valence-corrected chi connectivity index (χ0v) is 12.2. The third-order valence-electron chi connectivity index (χ3n) is 3.86. The Hall–Kier alpha value is -1.50. The topological polar surface area (TPSA) is 85.7 Å². The van der Waals surface area contributed by atoms with Gasteiger partial charge in [-0.15, -0.1) is 0 Å². The van der Waals surface area contributed by atoms with E-state index < -0.39 is 5.60 Å². The second-order valence-electron chi connectivity index (χ2n) is 5.61. The molecule has 116 valence electrons. The van der Waals surface area contributed by atoms with Crippen LogP contribution in [0.15, 0.2) is 24.4 Å². The van der Waals surface area contributed by atoms with E-state index in [1.807, 2.05) is 23.1 Å². The predicted molar refractivity (Wildman–Crippen MR) is 78.4 cm³/mol. The molecule has 6 nitrogen and oxygen atoms in total. The number of carbonyl (C=O) groups is 1. The van der Waals surface area contributed by atoms with Crippen LogP contribution in [-0.4, -0.2) is 57.8 Å². The maximum absolute atomic E-state index is 11.9. The Morgan fingerprint density at radius 2 is 2.24 bits per heavy atom. The van der Waals surface area contributed by atoms with Gasteiger partial charge in [-0.25, -0.2) is 0 Å². The van der Waals surface area contributed by atoms with Crippen molar-refractivity contribution in [3.8, 4) is 0 Å². The van der Waals surface area contributed by atoms with E-state index in [0.29, 0.717) is 32.5 Å². The fraction of sp³-hybridized carbons (Fsp3) is 0.600. The lowest BCUT2D eigenvalue weighted by Gasteiger charge is -2.24. The van der Waals surface area contributed by atoms with Crippen molar-refractivity contribution in [2.45, 2.75) is 31.4 Å². The second kappa shape index (κ2) is 7.49. The maximum Gasteiger partial charge on any atom is 0.234 e. The number of nitrogens with one attached hydrogen (secondary N) is 1. The molecule has 3 N–H and O–H groups in total. The minimum Gasteiger partial charge on any atom is -0.393 e. The molecule has 1 aromatic heterocycles. The Kier molecular flexibility index (Phi) is 5.67. The maximum atomic E-state index is 11.9. The highest BCUT2D eigenvalue weighted by Crippen LogP contribution is 2.21. The van der Waals surface area contributed by atoms with Gasteiger partial charge in [0, 0.05) is 12.7 Å². The van der Waals surface area contributed by atoms with Crippen LogP contribution in [-0.2, 0) is 11.3 Å². The van der Waals surface area contributed by atoms with Gasteiger partial charge in [0.15, 0.2) is 0 Å². The number of rotatable bonds is 5. The van der Waals surface area contributed by atoms with E-state index in [9.17, 15) is 15.0 Å². The van der Waals surface area contributed by atoms with Gasteiger partial charge in [0.25, 0.3) is 0 Å². The molecule has 6 heteroatoms. The van der Waals surface area contributed by atoms with Crippen molar-refractivity contribution in [2.75, 3.05) is 26.2 Å². The summed E-state index contributed by atoms with van der Waals surface area (Å²) >= 11 is 0. The van der Waals surface area contributed by atoms with Crippen LogP contribution in [0.4, 0.5) is 0 Å². The van der Waals surface area contributed by atoms with Gasteiger partial charge >= 0.3 is 0 Å². The molecule has 1 unspecified atom stereocenters. The largest absolute Gasteiger partial charge is 0.393 e. The van der Waals surface area contributed by atoms with E-state index in [2.05, 4.69) is 10.3 Å². The second-order valence-corrected chi connectivity index (χ2v) is 5.61. The van der Waals surface area contributed by atoms with Gasteiger partial charge in [0.1, 0.15) is 0 Å². The average molecular weight is 293 g/mol. The van der Waals surface area contributed by atoms with Gasteiger partial charge in [-0.2, -0.15) is 0 Å². The van der Waals surface area contributed by atoms with Gasteiger partial charge in [-0.05, 0) is 37.9 Å². The molecule has 0 spiro atoms. The first kappa shape index (κ1) is 15.9. The molecular weight excluding hydrogens is 270 g/mol. The molecule has 0 saturated carbocycles. The minimum absolute atomic E-state index is 0.0462. The average Bonchev–Trinajstić information content (AvgIpc) is 2.69. The first-order chi connectivity index (χ1) is 10.1. The summed E-state index contributed by atoms with van der Waals surface area (Å²) in [4.78, 5) is 18.1. The van der Waals surface area contributed by atoms with Crippen LogP contribution in [0.1, 0.15) is 25.0 Å². The predicted octanol–water partition coefficient (Wildman–Crippen LogP) is -0.0929. The zero-order valence-electron chi connectivity index (χ0n) is 12.2. The highest BCUT2D eigenvalue weighted by Gasteiger charge is 2.29. The summed E-state index contributed by atoms with van der Waals surface area (Å²) in [6.45, 7) is 1.91. The van der Waals surface area contributed by atoms with E-state index in [4.69, 9.17) is 0 Å². The lowest BCUT2D eigenvalue weighted by Crippen LogP contribution is -2.39. The van der Waals surface area contributed by atoms with E-state index >= 15 is 0 Å². The number of aliphatic hydroxyl groups is 2. The molecule has 0 radical (unpaired) electrons. The third-order valence-corrected chi connectivity index (χ3v) is 3.86. The molecule has 1 amide bonds. The van der Waals surface area contributed by atoms with Crippen LogP contribution in [0.2, 0.25) is 0 Å². The fourth-order valence-corrected chi connectivity index (χ4v) is 2.50. The standard InChI is InChI=1S/C15H23N3O3/c19-12-15(21)5-3-8-18(9-6-15)11-14(20)17-10-13-4-1-2-7-16-13/h1-2,4,7,19,21H,3,5-6,8-12H2,(H,17,20). The van der Waals surface area contributed by atoms with Gasteiger partial charge in [-0.1, -0.05) is 6.07 Å². The Labute approximate surface area is 124 Å². The number of hydrogen-bond donors (Lipinski definition) is 3. The fourth-order valence-electron chi connectivity index (χ4n) is 2.50. The third kappa shape index (κ3) is 5.08. The van der Waals surface area contributed by atoms with Crippen molar-refractivity contribution in [1.29, 1.82) is 0 Å². The van der Waals surface area contributed by atoms with Crippen molar-refractivity contribution in [1.82, 2.24) is 15.2 Å². The molecule has 1 aliphatic heterocycles. The zero-order chi connectivity index (χ0) is 15.1. The summed E-state index contributed by atoms with van der Waals surface area (Å²) < 4.78 is 0. The lowest BCUT2D eigenvalue weighted by molar-refractivity contribution is -0.122. The van der Waals surface area contributed by atoms with Gasteiger partial charge < -0.3 is 15.5 Å². The molecule has 1 aromatic rings. The minimum atomic E-state index is -0.987. The summed E-state index contributed by atoms with van der Waals surface area (Å²) in [6, 6.07) is 5.59. The molecule has 1 aliphatic rings. The number of likely N-dealkylation sites (tertiary alicyclic amines) is 1. The highest BCUT2D eigenvalue weighted by atomic mass is 16.3. The molecule has 1 saturated heterocycles. The molecule has 0 bridgehead atoms. The number of amides is 1. The van der Waals surface area contributed by atoms with E-state index in [-0.39, 0.29) is 12.5 Å². The van der Waals surface area contributed by atoms with Crippen LogP contribution in [0.3, 0.4) is 0 Å². The smallest absolute Gasteiger partial charge is 0.234 e. The van der Waals surface area contributed by atoms with Crippen molar-refractivity contribution < 1.29 is 15.0 Å². The number of hydrogen-bond acceptors (Lipinski definition) is 5. The number of pyridine rings is 1. The van der Waals surface area contributed by atoms with Crippen LogP contribution in [0.5, 0.6) is 0 Å². The Bertz CT molecular complexity index is 455. The van der Waals surface area contributed by atoms with Crippen LogP contribution >= 0.6 is 0 Å². The number of nitrogens with zero attached hydrogens (tertiary/aromatic N) is 2. The lowest BCUT2D eigenvalue weighted by atomic mass is 9.96. The van der Waals surface area contributed by atoms with Gasteiger partial charge in [0.2, 0.25) is 5.91 Å². The van der Waals surface area contributed by atoms with E-state index in [1.165, 1.54) is 0 Å². The van der Waals surface area contributed by atoms with Crippen LogP contribution < -0.4 is 5.32 Å². The summed E-state index contributed by atoms with van der Waals surface area (Å²) in [5.74, 6) is -0.0462. The molecule has 2 rings (SSSR count). The SMILES string of the molecule is O=C(CN1CCCC(O)(CO)CC1)NCc1ccccn1. The molecule has 2 heterocycles. The summed E-state index contributed by atoms with van der Waals surface area (Å²) in [6.07, 6.45) is 3.56. The Morgan fingerprint density at radius 3 is 2.95 bits per heavy atom. The van der Waals surface area contributed by atoms with Crippen LogP contribution in [0, 0.1) is 0 Å². The molecule has 21 heavy (non-hydrogen) atoms. The van der Waals surface area contributed by atoms with Gasteiger partial charge in [0.05, 0.1) is 31.0 Å². The first-order valence-corrected chi connectivity index (χ1v) is 7.33. The normalized spacial score (nSPS) is 23.5. The summed E-state index contributed by atoms with van der Waals surface area (Å²) in [7, 11) is 0. The van der Waals surface area contributed by atoms with Gasteiger partial charge in [-0.3, -0.25) is 14.7 Å². The van der Waals surface area contributed by atoms with E-state index in [1.54, 1.807) is 6.20 Å². The van der Waals surface area contributed by atoms with Crippen molar-refractivity contribution in [2.24, 2.45) is 0 Å². The van der Waals surface area contributed by atoms with Crippen LogP contribution in [0.25, 0.3) is 0 Å². The van der Waals surface area contributed by atoms with Crippen molar-refractivity contribution in [3.05, 3.63) is 30.1 Å². The Morgan fingerprint density at radius 1 is 1.38 bits per heavy atom. The summed E-state index contributed by atoms with van der Waals surface area (Å²) in [5, 5.41) is 22.1.